The molecule has 15 heteroatoms. The lowest BCUT2D eigenvalue weighted by molar-refractivity contribution is -0.164. The van der Waals surface area contributed by atoms with Gasteiger partial charge < -0.3 is 24.6 Å². The minimum absolute atomic E-state index is 0.0367. The van der Waals surface area contributed by atoms with Gasteiger partial charge in [0.25, 0.3) is 17.7 Å². The van der Waals surface area contributed by atoms with Crippen molar-refractivity contribution in [2.45, 2.75) is 91.5 Å². The zero-order chi connectivity index (χ0) is 42.0. The molecular formula is C44H50N8O7. The summed E-state index contributed by atoms with van der Waals surface area (Å²) in [5.74, 6) is 0.0362. The molecule has 4 fully saturated rings. The maximum atomic E-state index is 13.4. The first-order chi connectivity index (χ1) is 28.0. The van der Waals surface area contributed by atoms with E-state index in [1.54, 1.807) is 30.6 Å². The number of nitriles is 1. The molecular weight excluding hydrogens is 753 g/mol. The standard InChI is InChI=1S/C44H50N8O7/c1-24-15-29(16-25(2)32(24)18-45)59-42-43(3,4)41(44(42,5)6)49-37(54)33-19-47-35(20-46-33)51-22-26(23-51)21-50-13-11-27(12-14-50)58-28-7-8-30-31(17-28)40(57)52(39(30)56)34-9-10-36(53)48-38(34)55/h7-8,15-17,19-20,26-27,34,41-42H,9-14,21-23H2,1-6H3,(H,49,54)(H,48,53,55). The first-order valence-corrected chi connectivity index (χ1v) is 20.4. The summed E-state index contributed by atoms with van der Waals surface area (Å²) in [6.45, 7) is 16.6. The third-order valence-corrected chi connectivity index (χ3v) is 12.9. The van der Waals surface area contributed by atoms with Crippen LogP contribution in [0, 0.1) is 41.9 Å². The molecule has 59 heavy (non-hydrogen) atoms. The average molecular weight is 803 g/mol. The molecule has 5 heterocycles. The van der Waals surface area contributed by atoms with Crippen LogP contribution in [0.1, 0.15) is 101 Å². The summed E-state index contributed by atoms with van der Waals surface area (Å²) in [7, 11) is 0. The number of nitrogens with one attached hydrogen (secondary N) is 2. The molecule has 4 aliphatic heterocycles. The number of anilines is 1. The van der Waals surface area contributed by atoms with Gasteiger partial charge in [0.1, 0.15) is 41.3 Å². The fourth-order valence-corrected chi connectivity index (χ4v) is 10.1. The number of amides is 5. The van der Waals surface area contributed by atoms with Gasteiger partial charge in [-0.15, -0.1) is 0 Å². The maximum Gasteiger partial charge on any atom is 0.271 e. The zero-order valence-corrected chi connectivity index (χ0v) is 34.3. The predicted molar refractivity (Wildman–Crippen MR) is 215 cm³/mol. The SMILES string of the molecule is Cc1cc(OC2C(C)(C)C(NC(=O)c3cnc(N4CC(CN5CCC(Oc6ccc7c(c6)C(=O)N(C6CCC(=O)NC6=O)C7=O)CC5)C4)cn3)C2(C)C)cc(C)c1C#N. The van der Waals surface area contributed by atoms with E-state index in [4.69, 9.17) is 9.47 Å². The van der Waals surface area contributed by atoms with Gasteiger partial charge in [0.2, 0.25) is 11.8 Å². The van der Waals surface area contributed by atoms with Crippen LogP contribution in [-0.2, 0) is 9.59 Å². The number of carbonyl (C=O) groups is 5. The van der Waals surface area contributed by atoms with Crippen LogP contribution in [0.15, 0.2) is 42.7 Å². The molecule has 0 bridgehead atoms. The normalized spacial score (nSPS) is 24.1. The molecule has 1 unspecified atom stereocenters. The third kappa shape index (κ3) is 7.28. The van der Waals surface area contributed by atoms with E-state index >= 15 is 0 Å². The van der Waals surface area contributed by atoms with E-state index in [1.807, 2.05) is 26.0 Å². The second kappa shape index (κ2) is 15.1. The van der Waals surface area contributed by atoms with Crippen LogP contribution in [0.3, 0.4) is 0 Å². The van der Waals surface area contributed by atoms with Gasteiger partial charge in [-0.3, -0.25) is 34.2 Å². The number of benzene rings is 2. The number of rotatable bonds is 10. The Morgan fingerprint density at radius 1 is 0.898 bits per heavy atom. The molecule has 1 aromatic heterocycles. The summed E-state index contributed by atoms with van der Waals surface area (Å²) in [5.41, 5.74) is 2.39. The summed E-state index contributed by atoms with van der Waals surface area (Å²) >= 11 is 0. The molecule has 3 aromatic rings. The van der Waals surface area contributed by atoms with Crippen LogP contribution in [0.2, 0.25) is 0 Å². The highest BCUT2D eigenvalue weighted by atomic mass is 16.5. The molecule has 308 valence electrons. The first-order valence-electron chi connectivity index (χ1n) is 20.4. The molecule has 1 saturated carbocycles. The van der Waals surface area contributed by atoms with Gasteiger partial charge in [-0.2, -0.15) is 5.26 Å². The van der Waals surface area contributed by atoms with Gasteiger partial charge in [0, 0.05) is 61.9 Å². The van der Waals surface area contributed by atoms with Crippen LogP contribution < -0.4 is 25.0 Å². The lowest BCUT2D eigenvalue weighted by Gasteiger charge is -2.63. The van der Waals surface area contributed by atoms with E-state index in [2.05, 4.69) is 64.2 Å². The average Bonchev–Trinajstić information content (AvgIpc) is 3.42. The second-order valence-corrected chi connectivity index (χ2v) is 17.9. The van der Waals surface area contributed by atoms with Gasteiger partial charge in [-0.25, -0.2) is 9.97 Å². The van der Waals surface area contributed by atoms with Crippen LogP contribution in [0.5, 0.6) is 11.5 Å². The highest BCUT2D eigenvalue weighted by Crippen LogP contribution is 2.55. The minimum Gasteiger partial charge on any atom is -0.490 e. The van der Waals surface area contributed by atoms with Crippen molar-refractivity contribution < 1.29 is 33.4 Å². The van der Waals surface area contributed by atoms with Crippen molar-refractivity contribution >= 4 is 35.4 Å². The van der Waals surface area contributed by atoms with Gasteiger partial charge >= 0.3 is 0 Å². The fourth-order valence-electron chi connectivity index (χ4n) is 10.1. The minimum atomic E-state index is -1.00. The van der Waals surface area contributed by atoms with E-state index in [9.17, 15) is 29.2 Å². The summed E-state index contributed by atoms with van der Waals surface area (Å²) in [6.07, 6.45) is 4.82. The maximum absolute atomic E-state index is 13.4. The molecule has 2 aromatic carbocycles. The second-order valence-electron chi connectivity index (χ2n) is 17.9. The Labute approximate surface area is 343 Å². The van der Waals surface area contributed by atoms with Gasteiger partial charge in [-0.05, 0) is 74.6 Å². The van der Waals surface area contributed by atoms with Gasteiger partial charge in [0.15, 0.2) is 0 Å². The molecule has 15 nitrogen and oxygen atoms in total. The Morgan fingerprint density at radius 2 is 1.58 bits per heavy atom. The number of ether oxygens (including phenoxy) is 2. The van der Waals surface area contributed by atoms with Crippen molar-refractivity contribution in [3.05, 3.63) is 76.2 Å². The number of piperidine rings is 2. The van der Waals surface area contributed by atoms with Crippen molar-refractivity contribution in [2.24, 2.45) is 16.7 Å². The van der Waals surface area contributed by atoms with E-state index in [0.717, 1.165) is 73.2 Å². The van der Waals surface area contributed by atoms with Crippen LogP contribution in [-0.4, -0.2) is 106 Å². The number of aryl methyl sites for hydroxylation is 2. The summed E-state index contributed by atoms with van der Waals surface area (Å²) in [4.78, 5) is 78.3. The zero-order valence-electron chi connectivity index (χ0n) is 34.3. The molecule has 2 N–H and O–H groups in total. The monoisotopic (exact) mass is 802 g/mol. The van der Waals surface area contributed by atoms with Crippen molar-refractivity contribution in [1.29, 1.82) is 5.26 Å². The van der Waals surface area contributed by atoms with E-state index in [1.165, 1.54) is 0 Å². The number of nitrogens with zero attached hydrogens (tertiary/aromatic N) is 6. The van der Waals surface area contributed by atoms with E-state index < -0.39 is 29.7 Å². The fraction of sp³-hybridized carbons (Fsp3) is 0.500. The Morgan fingerprint density at radius 3 is 2.20 bits per heavy atom. The first kappa shape index (κ1) is 39.9. The number of hydrogen-bond donors (Lipinski definition) is 2. The number of imide groups is 2. The molecule has 8 rings (SSSR count). The number of aromatic nitrogens is 2. The quantitative estimate of drug-likeness (QED) is 0.282. The molecule has 1 aliphatic carbocycles. The topological polar surface area (TPSA) is 187 Å². The lowest BCUT2D eigenvalue weighted by atomic mass is 9.49. The van der Waals surface area contributed by atoms with Gasteiger partial charge in [0.05, 0.1) is 35.2 Å². The smallest absolute Gasteiger partial charge is 0.271 e. The largest absolute Gasteiger partial charge is 0.490 e. The van der Waals surface area contributed by atoms with Crippen LogP contribution in [0.25, 0.3) is 0 Å². The van der Waals surface area contributed by atoms with Crippen LogP contribution >= 0.6 is 0 Å². The summed E-state index contributed by atoms with van der Waals surface area (Å²) in [6, 6.07) is 9.74. The third-order valence-electron chi connectivity index (χ3n) is 12.9. The highest BCUT2D eigenvalue weighted by Gasteiger charge is 2.64. The van der Waals surface area contributed by atoms with Crippen molar-refractivity contribution in [2.75, 3.05) is 37.6 Å². The predicted octanol–water partition coefficient (Wildman–Crippen LogP) is 3.96. The van der Waals surface area contributed by atoms with E-state index in [0.29, 0.717) is 17.2 Å². The van der Waals surface area contributed by atoms with Crippen LogP contribution in [0.4, 0.5) is 5.82 Å². The lowest BCUT2D eigenvalue weighted by Crippen LogP contribution is -2.74. The number of likely N-dealkylation sites (tertiary alicyclic amines) is 1. The molecule has 3 saturated heterocycles. The van der Waals surface area contributed by atoms with Gasteiger partial charge in [-0.1, -0.05) is 27.7 Å². The van der Waals surface area contributed by atoms with Crippen molar-refractivity contribution in [1.82, 2.24) is 30.4 Å². The van der Waals surface area contributed by atoms with E-state index in [-0.39, 0.29) is 64.6 Å². The Hall–Kier alpha value is -5.88. The number of fused-ring (bicyclic) bond motifs is 1. The molecule has 5 aliphatic rings. The molecule has 5 amide bonds. The number of hydrogen-bond acceptors (Lipinski definition) is 12. The molecule has 1 atom stereocenters. The van der Waals surface area contributed by atoms with Crippen molar-refractivity contribution in [3.63, 3.8) is 0 Å². The number of carbonyl (C=O) groups excluding carboxylic acids is 5. The Bertz CT molecular complexity index is 2230. The Kier molecular flexibility index (Phi) is 10.2. The summed E-state index contributed by atoms with van der Waals surface area (Å²) < 4.78 is 12.8. The molecule has 0 radical (unpaired) electrons. The molecule has 0 spiro atoms. The summed E-state index contributed by atoms with van der Waals surface area (Å²) in [5, 5.41) is 14.9. The Balaban J connectivity index is 0.777. The van der Waals surface area contributed by atoms with Crippen molar-refractivity contribution in [3.8, 4) is 17.6 Å². The highest BCUT2D eigenvalue weighted by molar-refractivity contribution is 6.23.